The molecule has 0 saturated carbocycles. The van der Waals surface area contributed by atoms with Crippen molar-refractivity contribution in [2.24, 2.45) is 0 Å². The normalized spacial score (nSPS) is 13.3. The molecule has 19 heavy (non-hydrogen) atoms. The Morgan fingerprint density at radius 3 is 2.68 bits per heavy atom. The Morgan fingerprint density at radius 2 is 2.21 bits per heavy atom. The molecule has 1 atom stereocenters. The molecule has 1 rings (SSSR count). The molecule has 0 spiro atoms. The van der Waals surface area contributed by atoms with Gasteiger partial charge < -0.3 is 9.88 Å². The number of nitrogens with zero attached hydrogens (tertiary/aromatic N) is 2. The van der Waals surface area contributed by atoms with Gasteiger partial charge in [0.25, 0.3) is 9.05 Å². The van der Waals surface area contributed by atoms with Crippen LogP contribution in [0, 0.1) is 6.92 Å². The zero-order chi connectivity index (χ0) is 14.6. The van der Waals surface area contributed by atoms with E-state index in [4.69, 9.17) is 10.7 Å². The lowest BCUT2D eigenvalue weighted by Gasteiger charge is -2.14. The van der Waals surface area contributed by atoms with Crippen LogP contribution in [0.5, 0.6) is 0 Å². The number of hydrogen-bond donors (Lipinski definition) is 1. The summed E-state index contributed by atoms with van der Waals surface area (Å²) < 4.78 is 23.9. The molecule has 1 amide bonds. The molecule has 108 valence electrons. The summed E-state index contributed by atoms with van der Waals surface area (Å²) in [6.07, 6.45) is 3.18. The Labute approximate surface area is 117 Å². The van der Waals surface area contributed by atoms with Gasteiger partial charge in [0.1, 0.15) is 11.9 Å². The molecule has 0 saturated heterocycles. The lowest BCUT2D eigenvalue weighted by Crippen LogP contribution is -2.31. The highest BCUT2D eigenvalue weighted by Gasteiger charge is 2.21. The van der Waals surface area contributed by atoms with Crippen molar-refractivity contribution in [2.75, 3.05) is 6.54 Å². The van der Waals surface area contributed by atoms with E-state index in [1.54, 1.807) is 13.8 Å². The summed E-state index contributed by atoms with van der Waals surface area (Å²) in [5, 5.41) is 2.55. The standard InChI is InChI=1S/C11H18ClN3O3S/c1-4-5-6-13-11(16)8(2)15-7-10(14-9(15)3)19(12,17)18/h7-8H,4-6H2,1-3H3,(H,13,16). The minimum Gasteiger partial charge on any atom is -0.354 e. The van der Waals surface area contributed by atoms with Crippen LogP contribution in [0.1, 0.15) is 38.6 Å². The van der Waals surface area contributed by atoms with Crippen LogP contribution in [0.15, 0.2) is 11.2 Å². The van der Waals surface area contributed by atoms with Crippen LogP contribution >= 0.6 is 10.7 Å². The zero-order valence-corrected chi connectivity index (χ0v) is 12.8. The summed E-state index contributed by atoms with van der Waals surface area (Å²) in [5.41, 5.74) is 0. The average Bonchev–Trinajstić information content (AvgIpc) is 2.70. The van der Waals surface area contributed by atoms with Crippen LogP contribution in [0.2, 0.25) is 0 Å². The summed E-state index contributed by atoms with van der Waals surface area (Å²) in [4.78, 5) is 15.7. The van der Waals surface area contributed by atoms with Crippen LogP contribution in [-0.4, -0.2) is 30.4 Å². The maximum atomic E-state index is 11.9. The van der Waals surface area contributed by atoms with Crippen molar-refractivity contribution in [2.45, 2.75) is 44.7 Å². The predicted molar refractivity (Wildman–Crippen MR) is 72.6 cm³/mol. The largest absolute Gasteiger partial charge is 0.354 e. The molecule has 1 unspecified atom stereocenters. The molecule has 6 nitrogen and oxygen atoms in total. The van der Waals surface area contributed by atoms with Crippen molar-refractivity contribution in [1.82, 2.24) is 14.9 Å². The van der Waals surface area contributed by atoms with E-state index in [1.165, 1.54) is 10.8 Å². The van der Waals surface area contributed by atoms with Gasteiger partial charge in [-0.3, -0.25) is 4.79 Å². The van der Waals surface area contributed by atoms with Crippen molar-refractivity contribution in [1.29, 1.82) is 0 Å². The average molecular weight is 308 g/mol. The number of carbonyl (C=O) groups is 1. The number of aryl methyl sites for hydroxylation is 1. The topological polar surface area (TPSA) is 81.1 Å². The van der Waals surface area contributed by atoms with E-state index < -0.39 is 15.1 Å². The minimum absolute atomic E-state index is 0.174. The lowest BCUT2D eigenvalue weighted by molar-refractivity contribution is -0.123. The number of rotatable bonds is 6. The first-order valence-electron chi connectivity index (χ1n) is 6.05. The summed E-state index contributed by atoms with van der Waals surface area (Å²) in [7, 11) is 1.35. The number of amides is 1. The maximum absolute atomic E-state index is 11.9. The number of carbonyl (C=O) groups excluding carboxylic acids is 1. The fraction of sp³-hybridized carbons (Fsp3) is 0.636. The van der Waals surface area contributed by atoms with E-state index in [9.17, 15) is 13.2 Å². The van der Waals surface area contributed by atoms with Gasteiger partial charge in [-0.05, 0) is 20.3 Å². The first-order chi connectivity index (χ1) is 8.77. The molecule has 1 N–H and O–H groups in total. The van der Waals surface area contributed by atoms with Crippen LogP contribution in [-0.2, 0) is 13.8 Å². The predicted octanol–water partition coefficient (Wildman–Crippen LogP) is 1.60. The Kier molecular flexibility index (Phi) is 5.37. The van der Waals surface area contributed by atoms with E-state index in [0.717, 1.165) is 12.8 Å². The smallest absolute Gasteiger partial charge is 0.280 e. The summed E-state index contributed by atoms with van der Waals surface area (Å²) in [6, 6.07) is -0.531. The maximum Gasteiger partial charge on any atom is 0.280 e. The molecule has 0 aliphatic heterocycles. The van der Waals surface area contributed by atoms with E-state index in [2.05, 4.69) is 10.3 Å². The molecule has 1 aromatic heterocycles. The molecule has 1 aromatic rings. The molecule has 0 fully saturated rings. The number of imidazole rings is 1. The first-order valence-corrected chi connectivity index (χ1v) is 8.36. The highest BCUT2D eigenvalue weighted by molar-refractivity contribution is 8.13. The van der Waals surface area contributed by atoms with Crippen molar-refractivity contribution < 1.29 is 13.2 Å². The number of hydrogen-bond acceptors (Lipinski definition) is 4. The van der Waals surface area contributed by atoms with Crippen molar-refractivity contribution in [3.8, 4) is 0 Å². The van der Waals surface area contributed by atoms with Crippen LogP contribution < -0.4 is 5.32 Å². The molecule has 0 aliphatic rings. The van der Waals surface area contributed by atoms with Gasteiger partial charge in [0.2, 0.25) is 5.91 Å². The van der Waals surface area contributed by atoms with E-state index in [0.29, 0.717) is 12.4 Å². The fourth-order valence-corrected chi connectivity index (χ4v) is 2.33. The number of halogens is 1. The fourth-order valence-electron chi connectivity index (χ4n) is 1.63. The number of aromatic nitrogens is 2. The SMILES string of the molecule is CCCCNC(=O)C(C)n1cc(S(=O)(=O)Cl)nc1C. The van der Waals surface area contributed by atoms with Crippen molar-refractivity contribution >= 4 is 25.6 Å². The summed E-state index contributed by atoms with van der Waals surface area (Å²) in [5.74, 6) is 0.254. The summed E-state index contributed by atoms with van der Waals surface area (Å²) in [6.45, 7) is 5.95. The molecule has 1 heterocycles. The second kappa shape index (κ2) is 6.38. The van der Waals surface area contributed by atoms with E-state index in [-0.39, 0.29) is 10.9 Å². The Hall–Kier alpha value is -1.08. The van der Waals surface area contributed by atoms with Gasteiger partial charge in [-0.1, -0.05) is 13.3 Å². The van der Waals surface area contributed by atoms with Gasteiger partial charge in [0.05, 0.1) is 0 Å². The zero-order valence-electron chi connectivity index (χ0n) is 11.2. The number of nitrogens with one attached hydrogen (secondary N) is 1. The Bertz CT molecular complexity index is 554. The lowest BCUT2D eigenvalue weighted by atomic mass is 10.3. The van der Waals surface area contributed by atoms with Gasteiger partial charge in [-0.25, -0.2) is 13.4 Å². The van der Waals surface area contributed by atoms with Crippen LogP contribution in [0.4, 0.5) is 0 Å². The molecule has 0 aliphatic carbocycles. The molecule has 0 bridgehead atoms. The minimum atomic E-state index is -3.88. The van der Waals surface area contributed by atoms with Gasteiger partial charge in [-0.2, -0.15) is 0 Å². The van der Waals surface area contributed by atoms with Gasteiger partial charge in [0.15, 0.2) is 5.03 Å². The third-order valence-corrected chi connectivity index (χ3v) is 3.94. The van der Waals surface area contributed by atoms with Crippen LogP contribution in [0.3, 0.4) is 0 Å². The summed E-state index contributed by atoms with van der Waals surface area (Å²) >= 11 is 0. The quantitative estimate of drug-likeness (QED) is 0.639. The van der Waals surface area contributed by atoms with Gasteiger partial charge >= 0.3 is 0 Å². The van der Waals surface area contributed by atoms with Crippen molar-refractivity contribution in [3.05, 3.63) is 12.0 Å². The molecule has 0 aromatic carbocycles. The van der Waals surface area contributed by atoms with Crippen molar-refractivity contribution in [3.63, 3.8) is 0 Å². The second-order valence-electron chi connectivity index (χ2n) is 4.29. The Balaban J connectivity index is 2.85. The van der Waals surface area contributed by atoms with Gasteiger partial charge in [-0.15, -0.1) is 0 Å². The molecular formula is C11H18ClN3O3S. The van der Waals surface area contributed by atoms with E-state index >= 15 is 0 Å². The monoisotopic (exact) mass is 307 g/mol. The first kappa shape index (κ1) is 16.0. The third kappa shape index (κ3) is 4.21. The van der Waals surface area contributed by atoms with E-state index in [1.807, 2.05) is 6.92 Å². The molecule has 8 heteroatoms. The third-order valence-electron chi connectivity index (χ3n) is 2.77. The Morgan fingerprint density at radius 1 is 1.58 bits per heavy atom. The second-order valence-corrected chi connectivity index (χ2v) is 6.80. The van der Waals surface area contributed by atoms with Gasteiger partial charge in [0, 0.05) is 23.4 Å². The molecular weight excluding hydrogens is 290 g/mol. The number of unbranched alkanes of at least 4 members (excludes halogenated alkanes) is 1. The van der Waals surface area contributed by atoms with Crippen LogP contribution in [0.25, 0.3) is 0 Å². The highest BCUT2D eigenvalue weighted by Crippen LogP contribution is 2.18. The molecule has 0 radical (unpaired) electrons. The highest BCUT2D eigenvalue weighted by atomic mass is 35.7.